The summed E-state index contributed by atoms with van der Waals surface area (Å²) < 4.78 is 42.8. The lowest BCUT2D eigenvalue weighted by Gasteiger charge is -2.28. The summed E-state index contributed by atoms with van der Waals surface area (Å²) in [6.07, 6.45) is 16.8. The quantitative estimate of drug-likeness (QED) is 0.0431. The minimum absolute atomic E-state index is 0.0317. The highest BCUT2D eigenvalue weighted by Gasteiger charge is 2.53. The van der Waals surface area contributed by atoms with Crippen LogP contribution < -0.4 is 10.5 Å². The van der Waals surface area contributed by atoms with Crippen molar-refractivity contribution in [1.29, 1.82) is 5.26 Å². The molecule has 1 fully saturated rings. The van der Waals surface area contributed by atoms with E-state index in [1.165, 1.54) is 107 Å². The minimum Gasteiger partial charge on any atom is -0.469 e. The molecule has 3 aromatic heterocycles. The Balaban J connectivity index is 1.17. The number of hydrogen-bond donors (Lipinski definition) is 4. The van der Waals surface area contributed by atoms with E-state index < -0.39 is 51.1 Å². The number of hydrogen-bond acceptors (Lipinski definition) is 13. The molecule has 5 N–H and O–H groups in total. The topological polar surface area (TPSA) is 217 Å². The van der Waals surface area contributed by atoms with Gasteiger partial charge in [-0.3, -0.25) is 9.05 Å². The average molecular weight is 789 g/mol. The highest BCUT2D eigenvalue weighted by molar-refractivity contribution is 7.47. The summed E-state index contributed by atoms with van der Waals surface area (Å²) in [5.74, 6) is 0.354. The maximum atomic E-state index is 13.0. The smallest absolute Gasteiger partial charge is 0.469 e. The molecular weight excluding hydrogens is 727 g/mol. The Morgan fingerprint density at radius 2 is 1.58 bits per heavy atom. The monoisotopic (exact) mass is 788 g/mol. The first-order valence-electron chi connectivity index (χ1n) is 19.9. The van der Waals surface area contributed by atoms with Gasteiger partial charge in [0.15, 0.2) is 5.82 Å². The van der Waals surface area contributed by atoms with E-state index in [1.807, 2.05) is 6.07 Å². The normalized spacial score (nSPS) is 21.4. The van der Waals surface area contributed by atoms with Crippen molar-refractivity contribution in [2.45, 2.75) is 147 Å². The summed E-state index contributed by atoms with van der Waals surface area (Å²) in [6, 6.07) is 9.96. The number of nitriles is 1. The van der Waals surface area contributed by atoms with Gasteiger partial charge in [0.25, 0.3) is 0 Å². The highest BCUT2D eigenvalue weighted by Crippen LogP contribution is 2.47. The summed E-state index contributed by atoms with van der Waals surface area (Å²) in [5.41, 5.74) is 5.37. The SMILES string of the molecule is CCCCCCCCCCCCCCCCCCOCC(COP(=O)(O)OC[C@@]1(C)O[C@@H](c2ccc3c(N)ncnn23)[C@H](O)[C@@H]1O)Oc1cccc(C#N)n1. The number of unbranched alkanes of at least 4 members (excludes halogenated alkanes) is 15. The van der Waals surface area contributed by atoms with E-state index in [9.17, 15) is 24.9 Å². The van der Waals surface area contributed by atoms with Crippen LogP contribution >= 0.6 is 7.82 Å². The van der Waals surface area contributed by atoms with Crippen LogP contribution in [0.1, 0.15) is 134 Å². The highest BCUT2D eigenvalue weighted by atomic mass is 31.2. The lowest BCUT2D eigenvalue weighted by Crippen LogP contribution is -2.44. The molecule has 0 spiro atoms. The standard InChI is InChI=1S/C39H61N6O9P/c1-3-4-5-6-7-8-9-10-11-12-13-14-15-16-17-18-24-50-26-31(53-34-21-19-20-30(25-40)44-34)27-51-55(48,49)52-28-39(2)37(47)35(46)36(54-39)32-22-23-33-38(41)42-29-43-45(32)33/h19-23,29,31,35-37,46-47H,3-18,24,26-28H2,1-2H3,(H,48,49)(H2,41,42,43)/t31?,35-,36-,37-,39+/m0/s1. The zero-order valence-corrected chi connectivity index (χ0v) is 33.4. The molecule has 1 saturated heterocycles. The van der Waals surface area contributed by atoms with Gasteiger partial charge in [-0.05, 0) is 31.5 Å². The maximum absolute atomic E-state index is 13.0. The van der Waals surface area contributed by atoms with Crippen molar-refractivity contribution in [3.63, 3.8) is 0 Å². The van der Waals surface area contributed by atoms with E-state index in [1.54, 1.807) is 24.3 Å². The van der Waals surface area contributed by atoms with Gasteiger partial charge in [-0.1, -0.05) is 109 Å². The van der Waals surface area contributed by atoms with Gasteiger partial charge >= 0.3 is 7.82 Å². The van der Waals surface area contributed by atoms with Crippen LogP contribution in [0.2, 0.25) is 0 Å². The number of aliphatic hydroxyl groups is 2. The second-order valence-corrected chi connectivity index (χ2v) is 16.1. The van der Waals surface area contributed by atoms with Crippen molar-refractivity contribution >= 4 is 19.2 Å². The predicted octanol–water partition coefficient (Wildman–Crippen LogP) is 6.99. The molecule has 0 radical (unpaired) electrons. The lowest BCUT2D eigenvalue weighted by molar-refractivity contribution is -0.100. The molecule has 6 atom stereocenters. The number of rotatable bonds is 28. The molecule has 1 aliphatic rings. The van der Waals surface area contributed by atoms with Crippen molar-refractivity contribution in [2.75, 3.05) is 32.2 Å². The van der Waals surface area contributed by atoms with Gasteiger partial charge in [-0.25, -0.2) is 19.0 Å². The van der Waals surface area contributed by atoms with Gasteiger partial charge in [-0.2, -0.15) is 10.4 Å². The third-order valence-corrected chi connectivity index (χ3v) is 10.9. The van der Waals surface area contributed by atoms with Crippen LogP contribution in [0, 0.1) is 11.3 Å². The molecular formula is C39H61N6O9P. The number of phosphoric ester groups is 1. The molecule has 306 valence electrons. The van der Waals surface area contributed by atoms with Crippen LogP contribution in [0.5, 0.6) is 5.88 Å². The van der Waals surface area contributed by atoms with E-state index in [-0.39, 0.29) is 24.0 Å². The Morgan fingerprint density at radius 1 is 0.945 bits per heavy atom. The fraction of sp³-hybridized carbons (Fsp3) is 0.692. The Kier molecular flexibility index (Phi) is 18.7. The van der Waals surface area contributed by atoms with Crippen molar-refractivity contribution in [3.8, 4) is 11.9 Å². The third-order valence-electron chi connectivity index (χ3n) is 9.97. The number of nitrogens with zero attached hydrogens (tertiary/aromatic N) is 5. The largest absolute Gasteiger partial charge is 0.472 e. The van der Waals surface area contributed by atoms with Gasteiger partial charge in [0.2, 0.25) is 5.88 Å². The Labute approximate surface area is 325 Å². The molecule has 3 aromatic rings. The van der Waals surface area contributed by atoms with Crippen LogP contribution in [0.25, 0.3) is 5.52 Å². The summed E-state index contributed by atoms with van der Waals surface area (Å²) in [5, 5.41) is 35.2. The Morgan fingerprint density at radius 3 is 2.22 bits per heavy atom. The lowest BCUT2D eigenvalue weighted by atomic mass is 9.97. The zero-order chi connectivity index (χ0) is 39.5. The Hall–Kier alpha value is -3.19. The number of anilines is 1. The van der Waals surface area contributed by atoms with Gasteiger partial charge in [-0.15, -0.1) is 0 Å². The van der Waals surface area contributed by atoms with E-state index in [0.29, 0.717) is 17.8 Å². The number of ether oxygens (including phenoxy) is 3. The van der Waals surface area contributed by atoms with Gasteiger partial charge < -0.3 is 35.1 Å². The molecule has 0 bridgehead atoms. The van der Waals surface area contributed by atoms with E-state index >= 15 is 0 Å². The predicted molar refractivity (Wildman–Crippen MR) is 207 cm³/mol. The minimum atomic E-state index is -4.74. The molecule has 55 heavy (non-hydrogen) atoms. The molecule has 0 aliphatic carbocycles. The molecule has 4 heterocycles. The second-order valence-electron chi connectivity index (χ2n) is 14.6. The summed E-state index contributed by atoms with van der Waals surface area (Å²) in [4.78, 5) is 18.7. The van der Waals surface area contributed by atoms with Crippen molar-refractivity contribution in [3.05, 3.63) is 48.0 Å². The summed E-state index contributed by atoms with van der Waals surface area (Å²) >= 11 is 0. The van der Waals surface area contributed by atoms with Gasteiger partial charge in [0.05, 0.1) is 25.5 Å². The van der Waals surface area contributed by atoms with Crippen LogP contribution in [0.4, 0.5) is 5.82 Å². The fourth-order valence-electron chi connectivity index (χ4n) is 6.72. The van der Waals surface area contributed by atoms with Crippen LogP contribution in [-0.2, 0) is 23.1 Å². The molecule has 4 rings (SSSR count). The molecule has 0 amide bonds. The molecule has 16 heteroatoms. The number of nitrogens with two attached hydrogens (primary N) is 1. The van der Waals surface area contributed by atoms with Crippen molar-refractivity contribution in [2.24, 2.45) is 0 Å². The molecule has 2 unspecified atom stereocenters. The van der Waals surface area contributed by atoms with E-state index in [2.05, 4.69) is 22.0 Å². The number of phosphoric acid groups is 1. The molecule has 0 aromatic carbocycles. The first-order valence-corrected chi connectivity index (χ1v) is 21.4. The van der Waals surface area contributed by atoms with Crippen LogP contribution in [0.15, 0.2) is 36.7 Å². The van der Waals surface area contributed by atoms with Crippen LogP contribution in [-0.4, -0.2) is 85.0 Å². The number of fused-ring (bicyclic) bond motifs is 1. The first kappa shape index (κ1) is 44.5. The fourth-order valence-corrected chi connectivity index (χ4v) is 7.57. The number of pyridine rings is 1. The number of aromatic nitrogens is 4. The molecule has 0 saturated carbocycles. The van der Waals surface area contributed by atoms with Crippen molar-refractivity contribution in [1.82, 2.24) is 19.6 Å². The number of aliphatic hydroxyl groups excluding tert-OH is 2. The van der Waals surface area contributed by atoms with E-state index in [4.69, 9.17) is 29.0 Å². The van der Waals surface area contributed by atoms with Crippen LogP contribution in [0.3, 0.4) is 0 Å². The summed E-state index contributed by atoms with van der Waals surface area (Å²) in [6.45, 7) is 3.21. The maximum Gasteiger partial charge on any atom is 0.472 e. The molecule has 1 aliphatic heterocycles. The third kappa shape index (κ3) is 14.4. The second kappa shape index (κ2) is 23.1. The van der Waals surface area contributed by atoms with Crippen molar-refractivity contribution < 1.29 is 42.9 Å². The average Bonchev–Trinajstić information content (AvgIpc) is 3.71. The Bertz CT molecular complexity index is 1660. The van der Waals surface area contributed by atoms with E-state index in [0.717, 1.165) is 19.3 Å². The van der Waals surface area contributed by atoms with Gasteiger partial charge in [0, 0.05) is 12.7 Å². The number of nitrogen functional groups attached to an aromatic ring is 1. The first-order chi connectivity index (χ1) is 26.6. The zero-order valence-electron chi connectivity index (χ0n) is 32.5. The summed E-state index contributed by atoms with van der Waals surface area (Å²) in [7, 11) is -4.74. The molecule has 15 nitrogen and oxygen atoms in total. The van der Waals surface area contributed by atoms with Gasteiger partial charge in [0.1, 0.15) is 53.6 Å².